The highest BCUT2D eigenvalue weighted by molar-refractivity contribution is 5.33. The van der Waals surface area contributed by atoms with E-state index < -0.39 is 0 Å². The predicted octanol–water partition coefficient (Wildman–Crippen LogP) is 3.38. The van der Waals surface area contributed by atoms with Crippen molar-refractivity contribution < 1.29 is 4.74 Å². The van der Waals surface area contributed by atoms with Gasteiger partial charge in [0.05, 0.1) is 13.3 Å². The van der Waals surface area contributed by atoms with Crippen LogP contribution in [0.2, 0.25) is 0 Å². The number of benzene rings is 1. The lowest BCUT2D eigenvalue weighted by molar-refractivity contribution is 0.0941. The van der Waals surface area contributed by atoms with Gasteiger partial charge in [0.25, 0.3) is 0 Å². The van der Waals surface area contributed by atoms with Crippen molar-refractivity contribution in [2.45, 2.75) is 31.7 Å². The Labute approximate surface area is 163 Å². The summed E-state index contributed by atoms with van der Waals surface area (Å²) in [5.41, 5.74) is 2.66. The lowest BCUT2D eigenvalue weighted by Crippen LogP contribution is -2.41. The Kier molecular flexibility index (Phi) is 6.91. The quantitative estimate of drug-likeness (QED) is 0.713. The number of para-hydroxylation sites is 1. The summed E-state index contributed by atoms with van der Waals surface area (Å²) in [4.78, 5) is 5.01. The SMILES string of the molecule is COc1ccccc1CCCN(C)C[C@@H]1CCCN(C)[C@H]1c1cnn(C)c1. The summed E-state index contributed by atoms with van der Waals surface area (Å²) in [7, 11) is 8.27. The number of ether oxygens (including phenoxy) is 1. The van der Waals surface area contributed by atoms with Gasteiger partial charge in [-0.15, -0.1) is 0 Å². The van der Waals surface area contributed by atoms with E-state index >= 15 is 0 Å². The van der Waals surface area contributed by atoms with E-state index in [0.717, 1.165) is 31.7 Å². The van der Waals surface area contributed by atoms with Gasteiger partial charge in [0, 0.05) is 31.4 Å². The van der Waals surface area contributed by atoms with Crippen molar-refractivity contribution in [2.24, 2.45) is 13.0 Å². The summed E-state index contributed by atoms with van der Waals surface area (Å²) >= 11 is 0. The van der Waals surface area contributed by atoms with E-state index in [-0.39, 0.29) is 0 Å². The smallest absolute Gasteiger partial charge is 0.122 e. The van der Waals surface area contributed by atoms with E-state index in [9.17, 15) is 0 Å². The first kappa shape index (κ1) is 19.9. The fraction of sp³-hybridized carbons (Fsp3) is 0.591. The molecular formula is C22H34N4O. The van der Waals surface area contributed by atoms with Crippen LogP contribution in [0.4, 0.5) is 0 Å². The highest BCUT2D eigenvalue weighted by Crippen LogP contribution is 2.35. The Morgan fingerprint density at radius 1 is 1.26 bits per heavy atom. The fourth-order valence-corrected chi connectivity index (χ4v) is 4.51. The molecule has 2 heterocycles. The van der Waals surface area contributed by atoms with Crippen LogP contribution in [0.5, 0.6) is 5.75 Å². The minimum absolute atomic E-state index is 0.476. The minimum atomic E-state index is 0.476. The molecule has 0 amide bonds. The van der Waals surface area contributed by atoms with Crippen LogP contribution in [0.15, 0.2) is 36.7 Å². The maximum Gasteiger partial charge on any atom is 0.122 e. The minimum Gasteiger partial charge on any atom is -0.496 e. The lowest BCUT2D eigenvalue weighted by atomic mass is 9.85. The monoisotopic (exact) mass is 370 g/mol. The maximum atomic E-state index is 5.47. The van der Waals surface area contributed by atoms with Gasteiger partial charge in [0.2, 0.25) is 0 Å². The normalized spacial score (nSPS) is 20.9. The molecule has 1 aliphatic heterocycles. The van der Waals surface area contributed by atoms with E-state index in [1.54, 1.807) is 7.11 Å². The Balaban J connectivity index is 1.54. The Morgan fingerprint density at radius 2 is 2.07 bits per heavy atom. The first-order valence-electron chi connectivity index (χ1n) is 10.1. The first-order chi connectivity index (χ1) is 13.1. The second-order valence-electron chi connectivity index (χ2n) is 7.95. The average molecular weight is 371 g/mol. The van der Waals surface area contributed by atoms with Crippen LogP contribution in [0, 0.1) is 5.92 Å². The van der Waals surface area contributed by atoms with Crippen LogP contribution in [-0.4, -0.2) is 60.4 Å². The zero-order valence-corrected chi connectivity index (χ0v) is 17.3. The molecule has 0 unspecified atom stereocenters. The topological polar surface area (TPSA) is 33.5 Å². The third kappa shape index (κ3) is 5.11. The molecule has 148 valence electrons. The average Bonchev–Trinajstić information content (AvgIpc) is 3.08. The van der Waals surface area contributed by atoms with Crippen LogP contribution in [0.3, 0.4) is 0 Å². The number of methoxy groups -OCH3 is 1. The van der Waals surface area contributed by atoms with Gasteiger partial charge in [-0.25, -0.2) is 0 Å². The van der Waals surface area contributed by atoms with Crippen molar-refractivity contribution in [1.29, 1.82) is 0 Å². The molecule has 1 fully saturated rings. The molecule has 1 aromatic carbocycles. The van der Waals surface area contributed by atoms with E-state index in [0.29, 0.717) is 12.0 Å². The van der Waals surface area contributed by atoms with E-state index in [2.05, 4.69) is 53.4 Å². The number of likely N-dealkylation sites (tertiary alicyclic amines) is 1. The summed E-state index contributed by atoms with van der Waals surface area (Å²) in [6.45, 7) is 3.42. The molecule has 3 rings (SSSR count). The van der Waals surface area contributed by atoms with Crippen LogP contribution >= 0.6 is 0 Å². The Morgan fingerprint density at radius 3 is 2.81 bits per heavy atom. The molecule has 0 spiro atoms. The molecule has 5 nitrogen and oxygen atoms in total. The molecule has 1 saturated heterocycles. The van der Waals surface area contributed by atoms with Crippen molar-refractivity contribution in [3.8, 4) is 5.75 Å². The number of nitrogens with zero attached hydrogens (tertiary/aromatic N) is 4. The molecule has 27 heavy (non-hydrogen) atoms. The summed E-state index contributed by atoms with van der Waals surface area (Å²) in [6.07, 6.45) is 9.01. The van der Waals surface area contributed by atoms with Gasteiger partial charge >= 0.3 is 0 Å². The number of piperidine rings is 1. The number of aromatic nitrogens is 2. The molecular weight excluding hydrogens is 336 g/mol. The van der Waals surface area contributed by atoms with Crippen molar-refractivity contribution in [2.75, 3.05) is 40.8 Å². The zero-order valence-electron chi connectivity index (χ0n) is 17.3. The Hall–Kier alpha value is -1.85. The van der Waals surface area contributed by atoms with E-state index in [1.807, 2.05) is 24.0 Å². The second-order valence-corrected chi connectivity index (χ2v) is 7.95. The van der Waals surface area contributed by atoms with Gasteiger partial charge < -0.3 is 9.64 Å². The van der Waals surface area contributed by atoms with Crippen LogP contribution in [0.1, 0.15) is 36.4 Å². The molecule has 0 bridgehead atoms. The third-order valence-electron chi connectivity index (χ3n) is 5.80. The fourth-order valence-electron chi connectivity index (χ4n) is 4.51. The van der Waals surface area contributed by atoms with Gasteiger partial charge in [-0.1, -0.05) is 18.2 Å². The van der Waals surface area contributed by atoms with Crippen LogP contribution in [0.25, 0.3) is 0 Å². The molecule has 2 aromatic rings. The zero-order chi connectivity index (χ0) is 19.2. The molecule has 1 aromatic heterocycles. The number of hydrogen-bond acceptors (Lipinski definition) is 4. The third-order valence-corrected chi connectivity index (χ3v) is 5.80. The summed E-state index contributed by atoms with van der Waals surface area (Å²) in [6, 6.07) is 8.83. The number of hydrogen-bond donors (Lipinski definition) is 0. The van der Waals surface area contributed by atoms with Gasteiger partial charge in [-0.05, 0) is 70.4 Å². The molecule has 0 saturated carbocycles. The number of aryl methyl sites for hydroxylation is 2. The summed E-state index contributed by atoms with van der Waals surface area (Å²) in [5, 5.41) is 4.40. The van der Waals surface area contributed by atoms with Crippen molar-refractivity contribution in [3.63, 3.8) is 0 Å². The van der Waals surface area contributed by atoms with Gasteiger partial charge in [-0.2, -0.15) is 5.10 Å². The van der Waals surface area contributed by atoms with Crippen LogP contribution in [-0.2, 0) is 13.5 Å². The molecule has 2 atom stereocenters. The van der Waals surface area contributed by atoms with Crippen LogP contribution < -0.4 is 4.74 Å². The molecule has 0 N–H and O–H groups in total. The Bertz CT molecular complexity index is 714. The maximum absolute atomic E-state index is 5.47. The van der Waals surface area contributed by atoms with Gasteiger partial charge in [-0.3, -0.25) is 9.58 Å². The molecule has 5 heteroatoms. The highest BCUT2D eigenvalue weighted by atomic mass is 16.5. The first-order valence-corrected chi connectivity index (χ1v) is 10.1. The second kappa shape index (κ2) is 9.38. The van der Waals surface area contributed by atoms with E-state index in [4.69, 9.17) is 4.74 Å². The van der Waals surface area contributed by atoms with Gasteiger partial charge in [0.15, 0.2) is 0 Å². The van der Waals surface area contributed by atoms with Crippen molar-refractivity contribution in [1.82, 2.24) is 19.6 Å². The molecule has 0 radical (unpaired) electrons. The number of rotatable bonds is 8. The van der Waals surface area contributed by atoms with Crippen molar-refractivity contribution >= 4 is 0 Å². The molecule has 0 aliphatic carbocycles. The lowest BCUT2D eigenvalue weighted by Gasteiger charge is -2.40. The standard InChI is InChI=1S/C22H34N4O/c1-24(13-7-10-18-9-5-6-12-21(18)27-4)16-19-11-8-14-25(2)22(19)20-15-23-26(3)17-20/h5-6,9,12,15,17,19,22H,7-8,10-11,13-14,16H2,1-4H3/t19-,22+/m0/s1. The highest BCUT2D eigenvalue weighted by Gasteiger charge is 2.31. The largest absolute Gasteiger partial charge is 0.496 e. The summed E-state index contributed by atoms with van der Waals surface area (Å²) < 4.78 is 7.40. The van der Waals surface area contributed by atoms with E-state index in [1.165, 1.54) is 30.5 Å². The predicted molar refractivity (Wildman–Crippen MR) is 110 cm³/mol. The van der Waals surface area contributed by atoms with Crippen molar-refractivity contribution in [3.05, 3.63) is 47.8 Å². The van der Waals surface area contributed by atoms with Gasteiger partial charge in [0.1, 0.15) is 5.75 Å². The summed E-state index contributed by atoms with van der Waals surface area (Å²) in [5.74, 6) is 1.66. The molecule has 1 aliphatic rings.